The molecule has 4 fully saturated rings. The van der Waals surface area contributed by atoms with Crippen molar-refractivity contribution >= 4 is 0 Å². The Kier molecular flexibility index (Phi) is 3.13. The second-order valence-corrected chi connectivity index (χ2v) is 7.59. The van der Waals surface area contributed by atoms with Crippen LogP contribution in [0.5, 0.6) is 0 Å². The fourth-order valence-electron chi connectivity index (χ4n) is 5.55. The van der Waals surface area contributed by atoms with Gasteiger partial charge in [-0.15, -0.1) is 0 Å². The molecule has 110 valence electrons. The monoisotopic (exact) mass is 273 g/mol. The molecule has 3 heteroatoms. The lowest BCUT2D eigenvalue weighted by molar-refractivity contribution is -0.0210. The summed E-state index contributed by atoms with van der Waals surface area (Å²) in [5.41, 5.74) is 0.456. The normalized spacial score (nSPS) is 38.5. The van der Waals surface area contributed by atoms with E-state index in [4.69, 9.17) is 0 Å². The second-order valence-electron chi connectivity index (χ2n) is 7.59. The fourth-order valence-corrected chi connectivity index (χ4v) is 5.55. The first kappa shape index (κ1) is 12.9. The molecular formula is C17H27N3. The van der Waals surface area contributed by atoms with Crippen molar-refractivity contribution in [2.45, 2.75) is 70.5 Å². The number of aromatic nitrogens is 2. The van der Waals surface area contributed by atoms with Crippen LogP contribution in [0, 0.1) is 17.8 Å². The van der Waals surface area contributed by atoms with Gasteiger partial charge in [-0.2, -0.15) is 0 Å². The topological polar surface area (TPSA) is 29.9 Å². The van der Waals surface area contributed by atoms with Crippen LogP contribution in [0.2, 0.25) is 0 Å². The molecule has 3 nitrogen and oxygen atoms in total. The van der Waals surface area contributed by atoms with Crippen molar-refractivity contribution in [3.05, 3.63) is 18.2 Å². The first-order valence-electron chi connectivity index (χ1n) is 8.51. The van der Waals surface area contributed by atoms with Crippen LogP contribution in [0.3, 0.4) is 0 Å². The Balaban J connectivity index is 1.45. The number of nitrogens with zero attached hydrogens (tertiary/aromatic N) is 2. The van der Waals surface area contributed by atoms with Gasteiger partial charge < -0.3 is 9.88 Å². The number of hydrogen-bond donors (Lipinski definition) is 1. The maximum atomic E-state index is 4.55. The average Bonchev–Trinajstić information content (AvgIpc) is 2.83. The third-order valence-electron chi connectivity index (χ3n) is 5.93. The van der Waals surface area contributed by atoms with Crippen molar-refractivity contribution in [1.82, 2.24) is 14.9 Å². The minimum Gasteiger partial charge on any atom is -0.334 e. The molecule has 0 spiro atoms. The van der Waals surface area contributed by atoms with E-state index in [9.17, 15) is 0 Å². The summed E-state index contributed by atoms with van der Waals surface area (Å²) in [7, 11) is 0. The van der Waals surface area contributed by atoms with Gasteiger partial charge in [-0.1, -0.05) is 6.92 Å². The largest absolute Gasteiger partial charge is 0.334 e. The predicted octanol–water partition coefficient (Wildman–Crippen LogP) is 3.35. The van der Waals surface area contributed by atoms with Gasteiger partial charge in [-0.3, -0.25) is 0 Å². The molecule has 0 atom stereocenters. The van der Waals surface area contributed by atoms with E-state index in [1.54, 1.807) is 0 Å². The van der Waals surface area contributed by atoms with Crippen molar-refractivity contribution in [3.8, 4) is 0 Å². The predicted molar refractivity (Wildman–Crippen MR) is 80.3 cm³/mol. The molecule has 0 amide bonds. The Morgan fingerprint density at radius 2 is 1.85 bits per heavy atom. The molecule has 0 saturated heterocycles. The summed E-state index contributed by atoms with van der Waals surface area (Å²) in [5.74, 6) is 4.28. The van der Waals surface area contributed by atoms with Crippen LogP contribution in [-0.2, 0) is 13.1 Å². The van der Waals surface area contributed by atoms with Gasteiger partial charge in [0.2, 0.25) is 0 Å². The minimum absolute atomic E-state index is 0.456. The van der Waals surface area contributed by atoms with E-state index < -0.39 is 0 Å². The van der Waals surface area contributed by atoms with Crippen LogP contribution >= 0.6 is 0 Å². The van der Waals surface area contributed by atoms with Crippen molar-refractivity contribution < 1.29 is 0 Å². The van der Waals surface area contributed by atoms with Gasteiger partial charge in [0.1, 0.15) is 5.82 Å². The summed E-state index contributed by atoms with van der Waals surface area (Å²) < 4.78 is 2.31. The number of imidazole rings is 1. The highest BCUT2D eigenvalue weighted by molar-refractivity contribution is 5.07. The summed E-state index contributed by atoms with van der Waals surface area (Å²) in [6.45, 7) is 4.29. The van der Waals surface area contributed by atoms with Crippen LogP contribution in [0.25, 0.3) is 0 Å². The third kappa shape index (κ3) is 2.20. The molecule has 4 bridgehead atoms. The van der Waals surface area contributed by atoms with Gasteiger partial charge in [-0.25, -0.2) is 4.98 Å². The van der Waals surface area contributed by atoms with Gasteiger partial charge in [-0.05, 0) is 62.7 Å². The molecule has 1 heterocycles. The van der Waals surface area contributed by atoms with Crippen molar-refractivity contribution in [3.63, 3.8) is 0 Å². The van der Waals surface area contributed by atoms with E-state index in [2.05, 4.69) is 28.0 Å². The van der Waals surface area contributed by atoms with Gasteiger partial charge in [0.25, 0.3) is 0 Å². The zero-order valence-corrected chi connectivity index (χ0v) is 12.6. The molecule has 1 aromatic rings. The van der Waals surface area contributed by atoms with E-state index in [0.29, 0.717) is 5.54 Å². The SMILES string of the molecule is CCCn1ccnc1CNC12CC3CC(CC(C3)C1)C2. The van der Waals surface area contributed by atoms with E-state index in [1.807, 2.05) is 6.20 Å². The zero-order valence-electron chi connectivity index (χ0n) is 12.6. The number of hydrogen-bond acceptors (Lipinski definition) is 2. The van der Waals surface area contributed by atoms with Crippen LogP contribution in [-0.4, -0.2) is 15.1 Å². The summed E-state index contributed by atoms with van der Waals surface area (Å²) in [6, 6.07) is 0. The molecule has 0 radical (unpaired) electrons. The molecule has 0 aliphatic heterocycles. The number of aryl methyl sites for hydroxylation is 1. The number of rotatable bonds is 5. The Morgan fingerprint density at radius 3 is 2.45 bits per heavy atom. The quantitative estimate of drug-likeness (QED) is 0.891. The molecule has 4 aliphatic rings. The number of nitrogens with one attached hydrogen (secondary N) is 1. The van der Waals surface area contributed by atoms with Crippen LogP contribution in [0.1, 0.15) is 57.7 Å². The Bertz CT molecular complexity index is 441. The third-order valence-corrected chi connectivity index (χ3v) is 5.93. The van der Waals surface area contributed by atoms with E-state index >= 15 is 0 Å². The highest BCUT2D eigenvalue weighted by Gasteiger charge is 2.50. The van der Waals surface area contributed by atoms with Gasteiger partial charge in [0, 0.05) is 24.5 Å². The maximum Gasteiger partial charge on any atom is 0.122 e. The van der Waals surface area contributed by atoms with Gasteiger partial charge in [0.05, 0.1) is 6.54 Å². The highest BCUT2D eigenvalue weighted by atomic mass is 15.1. The summed E-state index contributed by atoms with van der Waals surface area (Å²) in [4.78, 5) is 4.55. The molecule has 5 rings (SSSR count). The Labute approximate surface area is 122 Å². The molecule has 1 aromatic heterocycles. The first-order valence-corrected chi connectivity index (χ1v) is 8.51. The molecule has 4 saturated carbocycles. The average molecular weight is 273 g/mol. The fraction of sp³-hybridized carbons (Fsp3) is 0.824. The summed E-state index contributed by atoms with van der Waals surface area (Å²) >= 11 is 0. The molecule has 0 aromatic carbocycles. The van der Waals surface area contributed by atoms with Crippen molar-refractivity contribution in [2.24, 2.45) is 17.8 Å². The maximum absolute atomic E-state index is 4.55. The van der Waals surface area contributed by atoms with Gasteiger partial charge in [0.15, 0.2) is 0 Å². The van der Waals surface area contributed by atoms with Crippen LogP contribution < -0.4 is 5.32 Å². The van der Waals surface area contributed by atoms with Crippen LogP contribution in [0.4, 0.5) is 0 Å². The highest BCUT2D eigenvalue weighted by Crippen LogP contribution is 2.55. The Hall–Kier alpha value is -0.830. The first-order chi connectivity index (χ1) is 9.76. The molecule has 0 unspecified atom stereocenters. The molecule has 4 aliphatic carbocycles. The van der Waals surface area contributed by atoms with E-state index in [-0.39, 0.29) is 0 Å². The molecule has 1 N–H and O–H groups in total. The lowest BCUT2D eigenvalue weighted by Crippen LogP contribution is -2.58. The summed E-state index contributed by atoms with van der Waals surface area (Å²) in [6.07, 6.45) is 14.1. The Morgan fingerprint density at radius 1 is 1.20 bits per heavy atom. The van der Waals surface area contributed by atoms with Crippen molar-refractivity contribution in [2.75, 3.05) is 0 Å². The smallest absolute Gasteiger partial charge is 0.122 e. The van der Waals surface area contributed by atoms with Crippen LogP contribution in [0.15, 0.2) is 12.4 Å². The van der Waals surface area contributed by atoms with Gasteiger partial charge >= 0.3 is 0 Å². The zero-order chi connectivity index (χ0) is 13.6. The molecule has 20 heavy (non-hydrogen) atoms. The lowest BCUT2D eigenvalue weighted by Gasteiger charge is -2.57. The standard InChI is InChI=1S/C17H27N3/c1-2-4-20-5-3-18-16(20)12-19-17-9-13-6-14(10-17)8-15(7-13)11-17/h3,5,13-15,19H,2,4,6-12H2,1H3. The second kappa shape index (κ2) is 4.87. The lowest BCUT2D eigenvalue weighted by atomic mass is 9.53. The van der Waals surface area contributed by atoms with E-state index in [0.717, 1.165) is 30.8 Å². The van der Waals surface area contributed by atoms with E-state index in [1.165, 1.54) is 50.8 Å². The molecular weight excluding hydrogens is 246 g/mol. The van der Waals surface area contributed by atoms with Crippen molar-refractivity contribution in [1.29, 1.82) is 0 Å². The summed E-state index contributed by atoms with van der Waals surface area (Å²) in [5, 5.41) is 3.95. The minimum atomic E-state index is 0.456.